The van der Waals surface area contributed by atoms with Gasteiger partial charge in [0.05, 0.1) is 6.20 Å². The quantitative estimate of drug-likeness (QED) is 0.802. The fraction of sp³-hybridized carbons (Fsp3) is 0.667. The van der Waals surface area contributed by atoms with E-state index in [2.05, 4.69) is 10.4 Å². The summed E-state index contributed by atoms with van der Waals surface area (Å²) in [5, 5.41) is 7.03. The predicted octanol–water partition coefficient (Wildman–Crippen LogP) is 1.61. The summed E-state index contributed by atoms with van der Waals surface area (Å²) in [5.41, 5.74) is 0.632. The van der Waals surface area contributed by atoms with Crippen molar-refractivity contribution >= 4 is 0 Å². The van der Waals surface area contributed by atoms with E-state index in [1.54, 1.807) is 7.05 Å². The Morgan fingerprint density at radius 2 is 2.36 bits per heavy atom. The van der Waals surface area contributed by atoms with Crippen LogP contribution in [0.5, 0.6) is 0 Å². The van der Waals surface area contributed by atoms with Crippen LogP contribution in [-0.2, 0) is 13.6 Å². The zero-order valence-electron chi connectivity index (χ0n) is 8.00. The summed E-state index contributed by atoms with van der Waals surface area (Å²) in [5.74, 6) is 0. The van der Waals surface area contributed by atoms with Crippen molar-refractivity contribution in [3.8, 4) is 0 Å². The van der Waals surface area contributed by atoms with Crippen LogP contribution in [0.1, 0.15) is 30.5 Å². The molecular formula is C9H13F2N3. The molecule has 1 aliphatic rings. The van der Waals surface area contributed by atoms with Crippen molar-refractivity contribution in [1.29, 1.82) is 0 Å². The van der Waals surface area contributed by atoms with Crippen LogP contribution >= 0.6 is 0 Å². The first kappa shape index (κ1) is 9.58. The number of aryl methyl sites for hydroxylation is 1. The number of rotatable bonds is 4. The van der Waals surface area contributed by atoms with Crippen LogP contribution in [0.15, 0.2) is 6.20 Å². The van der Waals surface area contributed by atoms with Crippen LogP contribution in [0.25, 0.3) is 0 Å². The lowest BCUT2D eigenvalue weighted by molar-refractivity contribution is 0.139. The van der Waals surface area contributed by atoms with Crippen molar-refractivity contribution in [3.05, 3.63) is 17.5 Å². The van der Waals surface area contributed by atoms with E-state index in [-0.39, 0.29) is 5.69 Å². The first-order valence-electron chi connectivity index (χ1n) is 4.71. The van der Waals surface area contributed by atoms with Crippen molar-refractivity contribution < 1.29 is 8.78 Å². The number of aromatic nitrogens is 2. The minimum Gasteiger partial charge on any atom is -0.310 e. The molecule has 3 nitrogen and oxygen atoms in total. The van der Waals surface area contributed by atoms with Gasteiger partial charge in [-0.2, -0.15) is 5.10 Å². The number of halogens is 2. The normalized spacial score (nSPS) is 16.6. The lowest BCUT2D eigenvalue weighted by Crippen LogP contribution is -2.16. The monoisotopic (exact) mass is 201 g/mol. The third-order valence-corrected chi connectivity index (χ3v) is 2.43. The highest BCUT2D eigenvalue weighted by atomic mass is 19.3. The minimum atomic E-state index is -2.45. The predicted molar refractivity (Wildman–Crippen MR) is 48.0 cm³/mol. The molecule has 0 unspecified atom stereocenters. The summed E-state index contributed by atoms with van der Waals surface area (Å²) in [6.07, 6.45) is 1.38. The molecule has 1 aromatic heterocycles. The van der Waals surface area contributed by atoms with Gasteiger partial charge in [0.25, 0.3) is 6.43 Å². The van der Waals surface area contributed by atoms with Gasteiger partial charge < -0.3 is 5.32 Å². The zero-order valence-corrected chi connectivity index (χ0v) is 8.00. The van der Waals surface area contributed by atoms with Crippen LogP contribution in [0.3, 0.4) is 0 Å². The van der Waals surface area contributed by atoms with E-state index in [1.807, 2.05) is 0 Å². The lowest BCUT2D eigenvalue weighted by Gasteiger charge is -2.05. The van der Waals surface area contributed by atoms with E-state index >= 15 is 0 Å². The fourth-order valence-electron chi connectivity index (χ4n) is 1.45. The van der Waals surface area contributed by atoms with Gasteiger partial charge in [0, 0.05) is 25.2 Å². The van der Waals surface area contributed by atoms with Crippen LogP contribution < -0.4 is 5.32 Å². The standard InChI is InChI=1S/C9H13F2N3/c1-14-8(9(10)11)6(5-13-14)4-12-7-2-3-7/h5,7,9,12H,2-4H2,1H3. The SMILES string of the molecule is Cn1ncc(CNC2CC2)c1C(F)F. The van der Waals surface area contributed by atoms with E-state index < -0.39 is 6.43 Å². The maximum Gasteiger partial charge on any atom is 0.280 e. The largest absolute Gasteiger partial charge is 0.310 e. The van der Waals surface area contributed by atoms with Gasteiger partial charge in [0.1, 0.15) is 5.69 Å². The number of nitrogens with one attached hydrogen (secondary N) is 1. The van der Waals surface area contributed by atoms with E-state index in [1.165, 1.54) is 10.9 Å². The average molecular weight is 201 g/mol. The second-order valence-electron chi connectivity index (χ2n) is 3.63. The molecule has 0 amide bonds. The molecule has 0 saturated heterocycles. The maximum absolute atomic E-state index is 12.6. The molecule has 1 heterocycles. The minimum absolute atomic E-state index is 0.0261. The van der Waals surface area contributed by atoms with Crippen LogP contribution in [0.2, 0.25) is 0 Å². The molecule has 0 bridgehead atoms. The van der Waals surface area contributed by atoms with Crippen LogP contribution in [-0.4, -0.2) is 15.8 Å². The van der Waals surface area contributed by atoms with Gasteiger partial charge in [-0.15, -0.1) is 0 Å². The molecule has 78 valence electrons. The number of alkyl halides is 2. The molecule has 2 rings (SSSR count). The van der Waals surface area contributed by atoms with Gasteiger partial charge in [-0.1, -0.05) is 0 Å². The molecule has 0 spiro atoms. The maximum atomic E-state index is 12.6. The highest BCUT2D eigenvalue weighted by Crippen LogP contribution is 2.24. The molecule has 0 aliphatic heterocycles. The Bertz CT molecular complexity index is 318. The van der Waals surface area contributed by atoms with Gasteiger partial charge in [-0.05, 0) is 12.8 Å². The molecular weight excluding hydrogens is 188 g/mol. The highest BCUT2D eigenvalue weighted by molar-refractivity contribution is 5.18. The van der Waals surface area contributed by atoms with Gasteiger partial charge in [-0.25, -0.2) is 8.78 Å². The van der Waals surface area contributed by atoms with Gasteiger partial charge in [0.2, 0.25) is 0 Å². The van der Waals surface area contributed by atoms with Crippen molar-refractivity contribution in [2.45, 2.75) is 31.9 Å². The molecule has 1 fully saturated rings. The number of hydrogen-bond donors (Lipinski definition) is 1. The molecule has 1 aromatic rings. The Hall–Kier alpha value is -0.970. The third kappa shape index (κ3) is 1.92. The van der Waals surface area contributed by atoms with Crippen LogP contribution in [0, 0.1) is 0 Å². The van der Waals surface area contributed by atoms with Gasteiger partial charge in [-0.3, -0.25) is 4.68 Å². The van der Waals surface area contributed by atoms with Crippen molar-refractivity contribution in [2.24, 2.45) is 7.05 Å². The Morgan fingerprint density at radius 1 is 1.64 bits per heavy atom. The average Bonchev–Trinajstić information content (AvgIpc) is 2.86. The fourth-order valence-corrected chi connectivity index (χ4v) is 1.45. The summed E-state index contributed by atoms with van der Waals surface area (Å²) in [4.78, 5) is 0. The third-order valence-electron chi connectivity index (χ3n) is 2.43. The zero-order chi connectivity index (χ0) is 10.1. The van der Waals surface area contributed by atoms with Gasteiger partial charge >= 0.3 is 0 Å². The topological polar surface area (TPSA) is 29.9 Å². The van der Waals surface area contributed by atoms with E-state index in [4.69, 9.17) is 0 Å². The van der Waals surface area contributed by atoms with Crippen molar-refractivity contribution in [1.82, 2.24) is 15.1 Å². The van der Waals surface area contributed by atoms with Crippen molar-refractivity contribution in [3.63, 3.8) is 0 Å². The number of hydrogen-bond acceptors (Lipinski definition) is 2. The van der Waals surface area contributed by atoms with E-state index in [0.717, 1.165) is 12.8 Å². The molecule has 14 heavy (non-hydrogen) atoms. The Morgan fingerprint density at radius 3 is 2.93 bits per heavy atom. The van der Waals surface area contributed by atoms with E-state index in [9.17, 15) is 8.78 Å². The van der Waals surface area contributed by atoms with Crippen LogP contribution in [0.4, 0.5) is 8.78 Å². The lowest BCUT2D eigenvalue weighted by atomic mass is 10.2. The number of nitrogens with zero attached hydrogens (tertiary/aromatic N) is 2. The highest BCUT2D eigenvalue weighted by Gasteiger charge is 2.23. The molecule has 1 saturated carbocycles. The molecule has 5 heteroatoms. The van der Waals surface area contributed by atoms with Crippen molar-refractivity contribution in [2.75, 3.05) is 0 Å². The molecule has 0 aromatic carbocycles. The Kier molecular flexibility index (Phi) is 2.50. The summed E-state index contributed by atoms with van der Waals surface area (Å²) in [7, 11) is 1.54. The first-order valence-corrected chi connectivity index (χ1v) is 4.71. The van der Waals surface area contributed by atoms with Gasteiger partial charge in [0.15, 0.2) is 0 Å². The smallest absolute Gasteiger partial charge is 0.280 e. The molecule has 0 radical (unpaired) electrons. The summed E-state index contributed by atoms with van der Waals surface area (Å²) < 4.78 is 26.4. The second kappa shape index (κ2) is 3.65. The first-order chi connectivity index (χ1) is 6.68. The Balaban J connectivity index is 2.06. The molecule has 0 atom stereocenters. The summed E-state index contributed by atoms with van der Waals surface area (Å²) in [6, 6.07) is 0.528. The second-order valence-corrected chi connectivity index (χ2v) is 3.63. The van der Waals surface area contributed by atoms with E-state index in [0.29, 0.717) is 18.2 Å². The molecule has 1 aliphatic carbocycles. The summed E-state index contributed by atoms with van der Waals surface area (Å²) >= 11 is 0. The summed E-state index contributed by atoms with van der Waals surface area (Å²) in [6.45, 7) is 0.498. The Labute approximate surface area is 81.1 Å². The molecule has 1 N–H and O–H groups in total.